The van der Waals surface area contributed by atoms with Gasteiger partial charge in [0.05, 0.1) is 0 Å². The number of hydrazine groups is 1. The number of H-pyrrole nitrogens is 1. The molecular formula is C23H26N4. The number of pyridine rings is 1. The first-order valence-corrected chi connectivity index (χ1v) is 9.89. The summed E-state index contributed by atoms with van der Waals surface area (Å²) in [5.74, 6) is 1.03. The van der Waals surface area contributed by atoms with Gasteiger partial charge in [-0.15, -0.1) is 0 Å². The van der Waals surface area contributed by atoms with Crippen LogP contribution in [0.1, 0.15) is 35.1 Å². The summed E-state index contributed by atoms with van der Waals surface area (Å²) in [5, 5.41) is 3.69. The lowest BCUT2D eigenvalue weighted by molar-refractivity contribution is 0.173. The van der Waals surface area contributed by atoms with Crippen molar-refractivity contribution in [2.45, 2.75) is 32.2 Å². The monoisotopic (exact) mass is 358 g/mol. The van der Waals surface area contributed by atoms with Crippen LogP contribution in [0.4, 0.5) is 0 Å². The Hall–Kier alpha value is -2.43. The summed E-state index contributed by atoms with van der Waals surface area (Å²) in [6, 6.07) is 11.6. The summed E-state index contributed by atoms with van der Waals surface area (Å²) in [6.45, 7) is 6.53. The number of aromatic nitrogens is 2. The summed E-state index contributed by atoms with van der Waals surface area (Å²) in [7, 11) is 0. The van der Waals surface area contributed by atoms with E-state index in [9.17, 15) is 0 Å². The summed E-state index contributed by atoms with van der Waals surface area (Å²) >= 11 is 0. The maximum Gasteiger partial charge on any atom is 0.137 e. The molecule has 27 heavy (non-hydrogen) atoms. The van der Waals surface area contributed by atoms with Crippen LogP contribution < -0.4 is 5.43 Å². The molecule has 0 bridgehead atoms. The van der Waals surface area contributed by atoms with Gasteiger partial charge in [0.25, 0.3) is 0 Å². The highest BCUT2D eigenvalue weighted by Crippen LogP contribution is 2.33. The molecule has 4 heteroatoms. The third-order valence-electron chi connectivity index (χ3n) is 6.24. The third-order valence-corrected chi connectivity index (χ3v) is 6.24. The average Bonchev–Trinajstić information content (AvgIpc) is 3.29. The van der Waals surface area contributed by atoms with Crippen molar-refractivity contribution in [3.63, 3.8) is 0 Å². The molecule has 1 saturated heterocycles. The normalized spacial score (nSPS) is 25.2. The predicted molar refractivity (Wildman–Crippen MR) is 110 cm³/mol. The van der Waals surface area contributed by atoms with Crippen molar-refractivity contribution >= 4 is 17.1 Å². The molecule has 5 rings (SSSR count). The lowest BCUT2D eigenvalue weighted by Gasteiger charge is -2.29. The first-order chi connectivity index (χ1) is 13.2. The minimum atomic E-state index is 0.457. The minimum absolute atomic E-state index is 0.457. The highest BCUT2D eigenvalue weighted by molar-refractivity contribution is 5.80. The average molecular weight is 358 g/mol. The van der Waals surface area contributed by atoms with Gasteiger partial charge in [-0.05, 0) is 55.0 Å². The maximum atomic E-state index is 4.44. The van der Waals surface area contributed by atoms with E-state index in [-0.39, 0.29) is 0 Å². The molecule has 4 nitrogen and oxygen atoms in total. The fourth-order valence-electron chi connectivity index (χ4n) is 4.68. The van der Waals surface area contributed by atoms with Crippen LogP contribution in [-0.4, -0.2) is 34.1 Å². The largest absolute Gasteiger partial charge is 0.346 e. The van der Waals surface area contributed by atoms with Crippen LogP contribution >= 0.6 is 0 Å². The Morgan fingerprint density at radius 3 is 3.07 bits per heavy atom. The number of fused-ring (bicyclic) bond motifs is 2. The van der Waals surface area contributed by atoms with Gasteiger partial charge in [-0.2, -0.15) is 0 Å². The Morgan fingerprint density at radius 2 is 2.15 bits per heavy atom. The number of aromatic amines is 1. The molecule has 0 saturated carbocycles. The highest BCUT2D eigenvalue weighted by Gasteiger charge is 2.34. The molecule has 0 spiro atoms. The third kappa shape index (κ3) is 2.99. The molecular weight excluding hydrogens is 332 g/mol. The molecule has 1 aromatic carbocycles. The van der Waals surface area contributed by atoms with Crippen molar-refractivity contribution in [1.29, 1.82) is 0 Å². The molecule has 2 aliphatic rings. The van der Waals surface area contributed by atoms with Crippen LogP contribution in [-0.2, 0) is 6.42 Å². The Morgan fingerprint density at radius 1 is 1.22 bits per heavy atom. The summed E-state index contributed by atoms with van der Waals surface area (Å²) in [6.07, 6.45) is 9.73. The Labute approximate surface area is 160 Å². The van der Waals surface area contributed by atoms with Crippen molar-refractivity contribution in [1.82, 2.24) is 20.4 Å². The topological polar surface area (TPSA) is 44.0 Å². The van der Waals surface area contributed by atoms with Crippen LogP contribution in [0.2, 0.25) is 0 Å². The van der Waals surface area contributed by atoms with E-state index in [1.165, 1.54) is 27.6 Å². The Bertz CT molecular complexity index is 1000. The molecule has 1 fully saturated rings. The van der Waals surface area contributed by atoms with Crippen LogP contribution in [0.25, 0.3) is 17.1 Å². The summed E-state index contributed by atoms with van der Waals surface area (Å²) in [4.78, 5) is 7.67. The zero-order valence-corrected chi connectivity index (χ0v) is 15.9. The molecule has 138 valence electrons. The van der Waals surface area contributed by atoms with Gasteiger partial charge in [0.1, 0.15) is 5.65 Å². The van der Waals surface area contributed by atoms with Crippen LogP contribution in [0.3, 0.4) is 0 Å². The van der Waals surface area contributed by atoms with E-state index in [0.29, 0.717) is 17.9 Å². The van der Waals surface area contributed by atoms with Crippen molar-refractivity contribution in [3.05, 3.63) is 71.1 Å². The molecule has 2 aromatic heterocycles. The fourth-order valence-corrected chi connectivity index (χ4v) is 4.68. The second-order valence-corrected chi connectivity index (χ2v) is 8.03. The number of hydrogen-bond donors (Lipinski definition) is 2. The smallest absolute Gasteiger partial charge is 0.137 e. The lowest BCUT2D eigenvalue weighted by Crippen LogP contribution is -2.40. The second-order valence-electron chi connectivity index (χ2n) is 8.03. The summed E-state index contributed by atoms with van der Waals surface area (Å²) < 4.78 is 0. The number of hydrogen-bond acceptors (Lipinski definition) is 3. The van der Waals surface area contributed by atoms with Gasteiger partial charge in [0.2, 0.25) is 0 Å². The zero-order valence-electron chi connectivity index (χ0n) is 15.9. The lowest BCUT2D eigenvalue weighted by atomic mass is 9.88. The quantitative estimate of drug-likeness (QED) is 0.742. The van der Waals surface area contributed by atoms with Crippen molar-refractivity contribution in [3.8, 4) is 0 Å². The Kier molecular flexibility index (Phi) is 4.10. The van der Waals surface area contributed by atoms with Crippen molar-refractivity contribution < 1.29 is 0 Å². The van der Waals surface area contributed by atoms with Crippen LogP contribution in [0, 0.1) is 12.8 Å². The number of benzene rings is 1. The van der Waals surface area contributed by atoms with Crippen LogP contribution in [0.5, 0.6) is 0 Å². The number of nitrogens with one attached hydrogen (secondary N) is 2. The highest BCUT2D eigenvalue weighted by atomic mass is 15.5. The number of aryl methyl sites for hydroxylation is 1. The fraction of sp³-hybridized carbons (Fsp3) is 0.348. The van der Waals surface area contributed by atoms with Gasteiger partial charge >= 0.3 is 0 Å². The van der Waals surface area contributed by atoms with E-state index in [4.69, 9.17) is 0 Å². The number of nitrogens with zero attached hydrogens (tertiary/aromatic N) is 2. The van der Waals surface area contributed by atoms with E-state index in [0.717, 1.165) is 25.2 Å². The van der Waals surface area contributed by atoms with Crippen molar-refractivity contribution in [2.24, 2.45) is 5.92 Å². The number of rotatable bonds is 3. The van der Waals surface area contributed by atoms with E-state index in [1.807, 2.05) is 12.4 Å². The minimum Gasteiger partial charge on any atom is -0.346 e. The van der Waals surface area contributed by atoms with E-state index >= 15 is 0 Å². The molecule has 2 N–H and O–H groups in total. The molecule has 0 radical (unpaired) electrons. The van der Waals surface area contributed by atoms with E-state index < -0.39 is 0 Å². The zero-order chi connectivity index (χ0) is 18.4. The molecule has 1 aliphatic carbocycles. The van der Waals surface area contributed by atoms with Gasteiger partial charge < -0.3 is 4.98 Å². The van der Waals surface area contributed by atoms with Gasteiger partial charge in [-0.1, -0.05) is 35.9 Å². The second kappa shape index (κ2) is 6.63. The maximum absolute atomic E-state index is 4.44. The molecule has 3 aromatic rings. The molecule has 1 aliphatic heterocycles. The van der Waals surface area contributed by atoms with Gasteiger partial charge in [0.15, 0.2) is 0 Å². The van der Waals surface area contributed by atoms with Gasteiger partial charge in [-0.3, -0.25) is 5.43 Å². The SMILES string of the molecule is Cc1ccc2c(c1)C=CC(CN1NCC(c3ccnc4[nH]ccc34)C1C)C2. The molecule has 3 unspecified atom stereocenters. The first kappa shape index (κ1) is 16.7. The van der Waals surface area contributed by atoms with Crippen molar-refractivity contribution in [2.75, 3.05) is 13.1 Å². The Balaban J connectivity index is 1.32. The predicted octanol–water partition coefficient (Wildman–Crippen LogP) is 4.05. The van der Waals surface area contributed by atoms with E-state index in [2.05, 4.69) is 76.7 Å². The van der Waals surface area contributed by atoms with Gasteiger partial charge in [0, 0.05) is 42.8 Å². The van der Waals surface area contributed by atoms with Crippen LogP contribution in [0.15, 0.2) is 48.8 Å². The first-order valence-electron chi connectivity index (χ1n) is 9.89. The van der Waals surface area contributed by atoms with E-state index in [1.54, 1.807) is 0 Å². The molecule has 3 atom stereocenters. The molecule has 3 heterocycles. The molecule has 0 amide bonds. The standard InChI is InChI=1S/C23H26N4/c1-15-3-5-19-12-17(4-6-18(19)11-15)14-27-16(2)22(13-26-27)20-7-9-24-23-21(20)8-10-25-23/h3-11,16-17,22,26H,12-14H2,1-2H3,(H,24,25). The summed E-state index contributed by atoms with van der Waals surface area (Å²) in [5.41, 5.74) is 10.2. The van der Waals surface area contributed by atoms with Gasteiger partial charge in [-0.25, -0.2) is 9.99 Å².